The third kappa shape index (κ3) is 3.16. The number of morpholine rings is 1. The van der Waals surface area contributed by atoms with Crippen molar-refractivity contribution in [3.63, 3.8) is 0 Å². The molecule has 0 aromatic carbocycles. The second-order valence-corrected chi connectivity index (χ2v) is 4.64. The van der Waals surface area contributed by atoms with Gasteiger partial charge in [-0.05, 0) is 6.92 Å². The molecule has 3 heterocycles. The van der Waals surface area contributed by atoms with E-state index in [4.69, 9.17) is 9.26 Å². The maximum atomic E-state index is 12.0. The van der Waals surface area contributed by atoms with Crippen molar-refractivity contribution in [2.45, 2.75) is 6.92 Å². The van der Waals surface area contributed by atoms with Crippen LogP contribution in [0.25, 0.3) is 0 Å². The summed E-state index contributed by atoms with van der Waals surface area (Å²) in [7, 11) is 0. The van der Waals surface area contributed by atoms with Crippen molar-refractivity contribution in [2.24, 2.45) is 0 Å². The van der Waals surface area contributed by atoms with E-state index in [2.05, 4.69) is 25.3 Å². The summed E-state index contributed by atoms with van der Waals surface area (Å²) in [5.41, 5.74) is 0.229. The summed E-state index contributed by atoms with van der Waals surface area (Å²) in [5, 5.41) is 6.29. The van der Waals surface area contributed by atoms with Gasteiger partial charge in [0.15, 0.2) is 5.82 Å². The van der Waals surface area contributed by atoms with Gasteiger partial charge in [0.2, 0.25) is 0 Å². The Labute approximate surface area is 121 Å². The number of anilines is 2. The number of aryl methyl sites for hydroxylation is 1. The second-order valence-electron chi connectivity index (χ2n) is 4.64. The molecule has 1 fully saturated rings. The molecule has 1 N–H and O–H groups in total. The molecule has 0 saturated carbocycles. The van der Waals surface area contributed by atoms with E-state index in [0.29, 0.717) is 24.8 Å². The predicted molar refractivity (Wildman–Crippen MR) is 74.3 cm³/mol. The molecule has 110 valence electrons. The molecule has 1 aliphatic rings. The average molecular weight is 289 g/mol. The van der Waals surface area contributed by atoms with Crippen molar-refractivity contribution in [1.29, 1.82) is 0 Å². The number of nitrogens with one attached hydrogen (secondary N) is 1. The quantitative estimate of drug-likeness (QED) is 0.895. The Bertz CT molecular complexity index is 619. The van der Waals surface area contributed by atoms with E-state index in [0.717, 1.165) is 18.9 Å². The summed E-state index contributed by atoms with van der Waals surface area (Å²) in [6.07, 6.45) is 3.04. The molecule has 0 atom stereocenters. The molecule has 8 nitrogen and oxygen atoms in total. The number of ether oxygens (including phenoxy) is 1. The van der Waals surface area contributed by atoms with Crippen molar-refractivity contribution < 1.29 is 14.1 Å². The van der Waals surface area contributed by atoms with E-state index >= 15 is 0 Å². The largest absolute Gasteiger partial charge is 0.378 e. The topological polar surface area (TPSA) is 93.4 Å². The highest BCUT2D eigenvalue weighted by molar-refractivity contribution is 6.02. The van der Waals surface area contributed by atoms with Gasteiger partial charge >= 0.3 is 0 Å². The molecule has 1 amide bonds. The highest BCUT2D eigenvalue weighted by atomic mass is 16.5. The van der Waals surface area contributed by atoms with Crippen LogP contribution in [-0.2, 0) is 4.74 Å². The molecule has 0 radical (unpaired) electrons. The highest BCUT2D eigenvalue weighted by Crippen LogP contribution is 2.12. The molecular formula is C13H15N5O3. The van der Waals surface area contributed by atoms with E-state index in [9.17, 15) is 4.79 Å². The van der Waals surface area contributed by atoms with Crippen LogP contribution in [0, 0.1) is 6.92 Å². The number of amides is 1. The highest BCUT2D eigenvalue weighted by Gasteiger charge is 2.15. The van der Waals surface area contributed by atoms with E-state index in [-0.39, 0.29) is 11.6 Å². The summed E-state index contributed by atoms with van der Waals surface area (Å²) in [5.74, 6) is 1.35. The Kier molecular flexibility index (Phi) is 3.78. The molecule has 1 aliphatic heterocycles. The minimum atomic E-state index is -0.371. The standard InChI is InChI=1S/C13H15N5O3/c1-9-6-11(17-21-9)16-13(19)10-7-15-12(8-14-10)18-2-4-20-5-3-18/h6-8H,2-5H2,1H3,(H,16,17,19). The zero-order valence-electron chi connectivity index (χ0n) is 11.6. The van der Waals surface area contributed by atoms with Crippen LogP contribution in [0.2, 0.25) is 0 Å². The first-order valence-corrected chi connectivity index (χ1v) is 6.62. The van der Waals surface area contributed by atoms with Crippen molar-refractivity contribution in [3.05, 3.63) is 29.9 Å². The fraction of sp³-hybridized carbons (Fsp3) is 0.385. The van der Waals surface area contributed by atoms with Crippen LogP contribution in [0.3, 0.4) is 0 Å². The van der Waals surface area contributed by atoms with Crippen LogP contribution in [0.5, 0.6) is 0 Å². The number of rotatable bonds is 3. The summed E-state index contributed by atoms with van der Waals surface area (Å²) < 4.78 is 10.2. The maximum Gasteiger partial charge on any atom is 0.277 e. The van der Waals surface area contributed by atoms with Gasteiger partial charge in [0, 0.05) is 19.2 Å². The smallest absolute Gasteiger partial charge is 0.277 e. The maximum absolute atomic E-state index is 12.0. The number of hydrogen-bond donors (Lipinski definition) is 1. The first-order chi connectivity index (χ1) is 10.2. The third-order valence-electron chi connectivity index (χ3n) is 3.08. The zero-order chi connectivity index (χ0) is 14.7. The fourth-order valence-corrected chi connectivity index (χ4v) is 2.00. The molecule has 0 bridgehead atoms. The lowest BCUT2D eigenvalue weighted by molar-refractivity contribution is 0.102. The SMILES string of the molecule is Cc1cc(NC(=O)c2cnc(N3CCOCC3)cn2)no1. The Morgan fingerprint density at radius 2 is 2.10 bits per heavy atom. The van der Waals surface area contributed by atoms with Gasteiger partial charge < -0.3 is 19.5 Å². The van der Waals surface area contributed by atoms with Gasteiger partial charge in [0.25, 0.3) is 5.91 Å². The minimum Gasteiger partial charge on any atom is -0.378 e. The molecule has 3 rings (SSSR count). The Hall–Kier alpha value is -2.48. The second kappa shape index (κ2) is 5.88. The third-order valence-corrected chi connectivity index (χ3v) is 3.08. The van der Waals surface area contributed by atoms with Crippen molar-refractivity contribution in [2.75, 3.05) is 36.5 Å². The van der Waals surface area contributed by atoms with Gasteiger partial charge in [0.05, 0.1) is 25.6 Å². The van der Waals surface area contributed by atoms with E-state index in [1.165, 1.54) is 6.20 Å². The van der Waals surface area contributed by atoms with Crippen LogP contribution >= 0.6 is 0 Å². The molecule has 0 spiro atoms. The van der Waals surface area contributed by atoms with Gasteiger partial charge in [-0.3, -0.25) is 4.79 Å². The molecule has 1 saturated heterocycles. The lowest BCUT2D eigenvalue weighted by Crippen LogP contribution is -2.36. The molecule has 0 aliphatic carbocycles. The summed E-state index contributed by atoms with van der Waals surface area (Å²) in [6, 6.07) is 1.63. The van der Waals surface area contributed by atoms with Crippen LogP contribution in [0.1, 0.15) is 16.2 Å². The Morgan fingerprint density at radius 1 is 1.29 bits per heavy atom. The van der Waals surface area contributed by atoms with E-state index in [1.807, 2.05) is 0 Å². The minimum absolute atomic E-state index is 0.229. The summed E-state index contributed by atoms with van der Waals surface area (Å²) in [4.78, 5) is 22.5. The lowest BCUT2D eigenvalue weighted by Gasteiger charge is -2.27. The van der Waals surface area contributed by atoms with Gasteiger partial charge in [-0.1, -0.05) is 5.16 Å². The van der Waals surface area contributed by atoms with Gasteiger partial charge in [-0.15, -0.1) is 0 Å². The number of nitrogens with zero attached hydrogens (tertiary/aromatic N) is 4. The number of carbonyl (C=O) groups is 1. The van der Waals surface area contributed by atoms with Crippen LogP contribution in [0.15, 0.2) is 23.0 Å². The van der Waals surface area contributed by atoms with Crippen LogP contribution < -0.4 is 10.2 Å². The molecule has 2 aromatic rings. The number of carbonyl (C=O) groups excluding carboxylic acids is 1. The first-order valence-electron chi connectivity index (χ1n) is 6.62. The molecule has 2 aromatic heterocycles. The van der Waals surface area contributed by atoms with Crippen LogP contribution in [0.4, 0.5) is 11.6 Å². The van der Waals surface area contributed by atoms with E-state index < -0.39 is 0 Å². The number of hydrogen-bond acceptors (Lipinski definition) is 7. The average Bonchev–Trinajstić information content (AvgIpc) is 2.93. The normalized spacial score (nSPS) is 15.0. The summed E-state index contributed by atoms with van der Waals surface area (Å²) >= 11 is 0. The van der Waals surface area contributed by atoms with Gasteiger partial charge in [-0.2, -0.15) is 0 Å². The summed E-state index contributed by atoms with van der Waals surface area (Å²) in [6.45, 7) is 4.65. The molecule has 21 heavy (non-hydrogen) atoms. The lowest BCUT2D eigenvalue weighted by atomic mass is 10.4. The first kappa shape index (κ1) is 13.5. The van der Waals surface area contributed by atoms with Gasteiger partial charge in [-0.25, -0.2) is 9.97 Å². The van der Waals surface area contributed by atoms with Crippen molar-refractivity contribution >= 4 is 17.5 Å². The zero-order valence-corrected chi connectivity index (χ0v) is 11.6. The van der Waals surface area contributed by atoms with Crippen LogP contribution in [-0.4, -0.2) is 47.3 Å². The van der Waals surface area contributed by atoms with Crippen molar-refractivity contribution in [3.8, 4) is 0 Å². The van der Waals surface area contributed by atoms with Crippen molar-refractivity contribution in [1.82, 2.24) is 15.1 Å². The van der Waals surface area contributed by atoms with Gasteiger partial charge in [0.1, 0.15) is 17.3 Å². The Balaban J connectivity index is 1.67. The fourth-order valence-electron chi connectivity index (χ4n) is 2.00. The van der Waals surface area contributed by atoms with E-state index in [1.54, 1.807) is 19.2 Å². The molecule has 0 unspecified atom stereocenters. The predicted octanol–water partition coefficient (Wildman–Crippen LogP) is 0.862. The Morgan fingerprint density at radius 3 is 2.71 bits per heavy atom. The number of aromatic nitrogens is 3. The molecule has 8 heteroatoms. The monoisotopic (exact) mass is 289 g/mol. The molecular weight excluding hydrogens is 274 g/mol.